The molecule has 3 aromatic carbocycles. The van der Waals surface area contributed by atoms with Gasteiger partial charge in [-0.2, -0.15) is 13.2 Å². The van der Waals surface area contributed by atoms with Crippen LogP contribution in [0.25, 0.3) is 0 Å². The number of halogens is 4. The van der Waals surface area contributed by atoms with E-state index in [2.05, 4.69) is 0 Å². The zero-order chi connectivity index (χ0) is 27.3. The summed E-state index contributed by atoms with van der Waals surface area (Å²) in [7, 11) is -1.03. The number of anilines is 1. The van der Waals surface area contributed by atoms with E-state index in [4.69, 9.17) is 31.5 Å². The van der Waals surface area contributed by atoms with E-state index in [1.54, 1.807) is 6.07 Å². The molecule has 13 heteroatoms. The number of nitrogens with zero attached hydrogens (tertiary/aromatic N) is 1. The van der Waals surface area contributed by atoms with Crippen LogP contribution in [-0.4, -0.2) is 35.7 Å². The summed E-state index contributed by atoms with van der Waals surface area (Å²) in [5, 5.41) is -0.759. The van der Waals surface area contributed by atoms with Crippen molar-refractivity contribution in [3.8, 4) is 17.2 Å². The highest BCUT2D eigenvalue weighted by atomic mass is 35.5. The molecule has 0 saturated heterocycles. The first kappa shape index (κ1) is 26.6. The van der Waals surface area contributed by atoms with E-state index in [1.807, 2.05) is 0 Å². The second-order valence-corrected chi connectivity index (χ2v) is 10.1. The summed E-state index contributed by atoms with van der Waals surface area (Å²) in [4.78, 5) is 13.4. The third kappa shape index (κ3) is 4.05. The number of ether oxygens (including phenoxy) is 3. The number of rotatable bonds is 6. The van der Waals surface area contributed by atoms with Crippen LogP contribution in [-0.2, 0) is 26.5 Å². The molecular weight excluding hydrogens is 537 g/mol. The molecule has 1 heterocycles. The first-order valence-corrected chi connectivity index (χ1v) is 12.3. The largest absolute Gasteiger partial charge is 0.497 e. The van der Waals surface area contributed by atoms with Crippen LogP contribution >= 0.6 is 11.6 Å². The SMILES string of the molecule is COc1ccc(S(=O)(=O)N2C(=O)C(N)(c3ccccc3OC)c3cc(Cl)c(C(F)(F)F)cc32)c(OC)c1. The molecule has 4 rings (SSSR count). The Balaban J connectivity index is 2.07. The van der Waals surface area contributed by atoms with Gasteiger partial charge in [0.05, 0.1) is 37.6 Å². The minimum atomic E-state index is -4.95. The van der Waals surface area contributed by atoms with Crippen LogP contribution in [0.3, 0.4) is 0 Å². The Kier molecular flexibility index (Phi) is 6.55. The summed E-state index contributed by atoms with van der Waals surface area (Å²) in [5.74, 6) is -1.08. The number of alkyl halides is 3. The first-order valence-electron chi connectivity index (χ1n) is 10.5. The standard InChI is InChI=1S/C24H20ClF3N2O6S/c1-34-13-8-9-21(20(10-13)36-3)37(32,33)30-18-12-15(24(26,27)28)17(25)11-16(18)23(29,22(30)31)14-6-4-5-7-19(14)35-2/h4-12H,29H2,1-3H3. The molecule has 0 spiro atoms. The van der Waals surface area contributed by atoms with Gasteiger partial charge in [0.2, 0.25) is 0 Å². The summed E-state index contributed by atoms with van der Waals surface area (Å²) in [6.45, 7) is 0. The molecule has 0 fully saturated rings. The van der Waals surface area contributed by atoms with Crippen molar-refractivity contribution < 1.29 is 40.6 Å². The lowest BCUT2D eigenvalue weighted by Crippen LogP contribution is -2.49. The number of methoxy groups -OCH3 is 3. The smallest absolute Gasteiger partial charge is 0.417 e. The van der Waals surface area contributed by atoms with Gasteiger partial charge in [0.15, 0.2) is 5.54 Å². The number of fused-ring (bicyclic) bond motifs is 1. The minimum Gasteiger partial charge on any atom is -0.497 e. The number of benzene rings is 3. The quantitative estimate of drug-likeness (QED) is 0.481. The van der Waals surface area contributed by atoms with Gasteiger partial charge >= 0.3 is 6.18 Å². The molecule has 3 aromatic rings. The van der Waals surface area contributed by atoms with E-state index in [-0.39, 0.29) is 32.7 Å². The number of amides is 1. The van der Waals surface area contributed by atoms with Crippen LogP contribution in [0.5, 0.6) is 17.2 Å². The third-order valence-corrected chi connectivity index (χ3v) is 8.03. The fourth-order valence-electron chi connectivity index (χ4n) is 4.20. The number of nitrogens with two attached hydrogens (primary N) is 1. The fraction of sp³-hybridized carbons (Fsp3) is 0.208. The minimum absolute atomic E-state index is 0.0268. The average molecular weight is 557 g/mol. The van der Waals surface area contributed by atoms with E-state index in [9.17, 15) is 26.4 Å². The monoisotopic (exact) mass is 556 g/mol. The van der Waals surface area contributed by atoms with Gasteiger partial charge < -0.3 is 19.9 Å². The molecule has 1 amide bonds. The lowest BCUT2D eigenvalue weighted by Gasteiger charge is -2.26. The van der Waals surface area contributed by atoms with Gasteiger partial charge in [-0.15, -0.1) is 0 Å². The van der Waals surface area contributed by atoms with Gasteiger partial charge in [-0.05, 0) is 30.3 Å². The molecule has 1 unspecified atom stereocenters. The van der Waals surface area contributed by atoms with E-state index in [0.717, 1.165) is 12.1 Å². The van der Waals surface area contributed by atoms with Crippen molar-refractivity contribution in [1.82, 2.24) is 0 Å². The predicted molar refractivity (Wildman–Crippen MR) is 129 cm³/mol. The van der Waals surface area contributed by atoms with E-state index in [0.29, 0.717) is 6.07 Å². The van der Waals surface area contributed by atoms with Crippen molar-refractivity contribution in [2.75, 3.05) is 25.6 Å². The maximum absolute atomic E-state index is 13.9. The molecule has 0 saturated carbocycles. The highest BCUT2D eigenvalue weighted by Crippen LogP contribution is 2.51. The van der Waals surface area contributed by atoms with Crippen molar-refractivity contribution in [2.24, 2.45) is 5.73 Å². The second-order valence-electron chi connectivity index (χ2n) is 7.95. The number of hydrogen-bond donors (Lipinski definition) is 1. The Morgan fingerprint density at radius 1 is 0.919 bits per heavy atom. The number of carbonyl (C=O) groups is 1. The van der Waals surface area contributed by atoms with Gasteiger partial charge in [0.1, 0.15) is 22.1 Å². The molecule has 0 aromatic heterocycles. The Morgan fingerprint density at radius 3 is 2.16 bits per heavy atom. The predicted octanol–water partition coefficient (Wildman–Crippen LogP) is 4.32. The summed E-state index contributed by atoms with van der Waals surface area (Å²) in [6, 6.07) is 11.0. The van der Waals surface area contributed by atoms with Crippen molar-refractivity contribution in [3.05, 3.63) is 76.3 Å². The Hall–Kier alpha value is -3.48. The van der Waals surface area contributed by atoms with Crippen molar-refractivity contribution in [3.63, 3.8) is 0 Å². The van der Waals surface area contributed by atoms with Crippen LogP contribution in [0.1, 0.15) is 16.7 Å². The molecule has 8 nitrogen and oxygen atoms in total. The lowest BCUT2D eigenvalue weighted by molar-refractivity contribution is -0.137. The zero-order valence-electron chi connectivity index (χ0n) is 19.6. The van der Waals surface area contributed by atoms with Crippen molar-refractivity contribution in [1.29, 1.82) is 0 Å². The van der Waals surface area contributed by atoms with Crippen LogP contribution in [0.4, 0.5) is 18.9 Å². The van der Waals surface area contributed by atoms with Gasteiger partial charge in [0.25, 0.3) is 15.9 Å². The Bertz CT molecular complexity index is 1510. The van der Waals surface area contributed by atoms with Crippen LogP contribution in [0.15, 0.2) is 59.5 Å². The molecule has 0 radical (unpaired) electrons. The summed E-state index contributed by atoms with van der Waals surface area (Å²) in [5.41, 5.74) is 2.16. The summed E-state index contributed by atoms with van der Waals surface area (Å²) in [6.07, 6.45) is -4.95. The molecule has 1 atom stereocenters. The number of carbonyl (C=O) groups excluding carboxylic acids is 1. The average Bonchev–Trinajstić information content (AvgIpc) is 3.09. The molecule has 1 aliphatic heterocycles. The van der Waals surface area contributed by atoms with Crippen LogP contribution in [0.2, 0.25) is 5.02 Å². The maximum atomic E-state index is 13.9. The Morgan fingerprint density at radius 2 is 1.57 bits per heavy atom. The third-order valence-electron chi connectivity index (χ3n) is 5.98. The molecule has 196 valence electrons. The normalized spacial score (nSPS) is 17.5. The van der Waals surface area contributed by atoms with Gasteiger partial charge in [-0.3, -0.25) is 4.79 Å². The number of hydrogen-bond acceptors (Lipinski definition) is 7. The van der Waals surface area contributed by atoms with E-state index in [1.165, 1.54) is 51.7 Å². The van der Waals surface area contributed by atoms with Crippen molar-refractivity contribution in [2.45, 2.75) is 16.6 Å². The fourth-order valence-corrected chi connectivity index (χ4v) is 6.08. The van der Waals surface area contributed by atoms with Gasteiger partial charge in [0, 0.05) is 17.2 Å². The van der Waals surface area contributed by atoms with Gasteiger partial charge in [-0.1, -0.05) is 29.8 Å². The molecule has 0 bridgehead atoms. The van der Waals surface area contributed by atoms with E-state index < -0.39 is 48.8 Å². The van der Waals surface area contributed by atoms with Crippen molar-refractivity contribution >= 4 is 33.2 Å². The zero-order valence-corrected chi connectivity index (χ0v) is 21.2. The van der Waals surface area contributed by atoms with Crippen LogP contribution < -0.4 is 24.2 Å². The first-order chi connectivity index (χ1) is 17.3. The van der Waals surface area contributed by atoms with E-state index >= 15 is 0 Å². The second kappa shape index (κ2) is 9.12. The Labute approximate surface area is 215 Å². The van der Waals surface area contributed by atoms with Crippen LogP contribution in [0, 0.1) is 0 Å². The molecule has 37 heavy (non-hydrogen) atoms. The molecule has 0 aliphatic carbocycles. The number of para-hydroxylation sites is 1. The molecule has 2 N–H and O–H groups in total. The maximum Gasteiger partial charge on any atom is 0.417 e. The topological polar surface area (TPSA) is 108 Å². The number of sulfonamides is 1. The molecule has 1 aliphatic rings. The lowest BCUT2D eigenvalue weighted by atomic mass is 9.84. The highest BCUT2D eigenvalue weighted by Gasteiger charge is 2.56. The summed E-state index contributed by atoms with van der Waals surface area (Å²) < 4.78 is 84.9. The summed E-state index contributed by atoms with van der Waals surface area (Å²) >= 11 is 5.97. The van der Waals surface area contributed by atoms with Gasteiger partial charge in [-0.25, -0.2) is 12.7 Å². The highest BCUT2D eigenvalue weighted by molar-refractivity contribution is 7.93. The molecular formula is C24H20ClF3N2O6S.